The maximum absolute atomic E-state index is 11.8. The molecule has 1 amide bonds. The summed E-state index contributed by atoms with van der Waals surface area (Å²) in [6.45, 7) is 1.83. The number of phenolic OH excluding ortho intramolecular Hbond substituents is 1. The molecule has 1 aromatic rings. The maximum atomic E-state index is 11.8. The fraction of sp³-hybridized carbons (Fsp3) is 0.417. The number of carbonyl (C=O) groups is 1. The Bertz CT molecular complexity index is 465. The van der Waals surface area contributed by atoms with E-state index in [-0.39, 0.29) is 23.3 Å². The minimum absolute atomic E-state index is 0.100. The highest BCUT2D eigenvalue weighted by Gasteiger charge is 2.14. The van der Waals surface area contributed by atoms with Gasteiger partial charge in [0.05, 0.1) is 5.56 Å². The number of aromatic hydroxyl groups is 1. The second-order valence-corrected chi connectivity index (χ2v) is 6.09. The summed E-state index contributed by atoms with van der Waals surface area (Å²) >= 11 is 5.69. The van der Waals surface area contributed by atoms with E-state index in [1.807, 2.05) is 6.92 Å². The summed E-state index contributed by atoms with van der Waals surface area (Å²) in [5, 5.41) is 12.7. The van der Waals surface area contributed by atoms with Crippen LogP contribution in [0.3, 0.4) is 0 Å². The van der Waals surface area contributed by atoms with Gasteiger partial charge in [0.15, 0.2) is 0 Å². The van der Waals surface area contributed by atoms with E-state index >= 15 is 0 Å². The number of carbonyl (C=O) groups excluding carboxylic acids is 1. The molecule has 6 heteroatoms. The maximum Gasteiger partial charge on any atom is 0.255 e. The predicted molar refractivity (Wildman–Crippen MR) is 73.6 cm³/mol. The first kappa shape index (κ1) is 15.0. The molecule has 2 N–H and O–H groups in total. The molecule has 0 bridgehead atoms. The molecule has 2 atom stereocenters. The first-order valence-electron chi connectivity index (χ1n) is 5.49. The van der Waals surface area contributed by atoms with Crippen LogP contribution >= 0.6 is 11.6 Å². The lowest BCUT2D eigenvalue weighted by molar-refractivity contribution is 0.0937. The van der Waals surface area contributed by atoms with E-state index < -0.39 is 10.8 Å². The summed E-state index contributed by atoms with van der Waals surface area (Å²) < 4.78 is 10.9. The number of hydrogen-bond acceptors (Lipinski definition) is 3. The Kier molecular flexibility index (Phi) is 5.62. The number of halogens is 1. The van der Waals surface area contributed by atoms with Crippen molar-refractivity contribution < 1.29 is 14.1 Å². The summed E-state index contributed by atoms with van der Waals surface area (Å²) in [6.07, 6.45) is 2.25. The molecular formula is C12H16ClNO3S. The van der Waals surface area contributed by atoms with Crippen LogP contribution < -0.4 is 5.32 Å². The van der Waals surface area contributed by atoms with Gasteiger partial charge in [-0.25, -0.2) is 0 Å². The van der Waals surface area contributed by atoms with Gasteiger partial charge in [0.1, 0.15) is 5.75 Å². The van der Waals surface area contributed by atoms with E-state index in [1.54, 1.807) is 12.3 Å². The van der Waals surface area contributed by atoms with Crippen LogP contribution in [-0.2, 0) is 10.8 Å². The topological polar surface area (TPSA) is 66.4 Å². The second kappa shape index (κ2) is 6.75. The molecule has 1 rings (SSSR count). The van der Waals surface area contributed by atoms with E-state index in [0.717, 1.165) is 0 Å². The van der Waals surface area contributed by atoms with Crippen molar-refractivity contribution in [1.29, 1.82) is 0 Å². The van der Waals surface area contributed by atoms with Gasteiger partial charge in [-0.1, -0.05) is 11.6 Å². The third kappa shape index (κ3) is 4.66. The Morgan fingerprint density at radius 3 is 2.78 bits per heavy atom. The molecule has 0 aromatic heterocycles. The zero-order chi connectivity index (χ0) is 13.7. The number of hydrogen-bond donors (Lipinski definition) is 2. The predicted octanol–water partition coefficient (Wildman–Crippen LogP) is 1.93. The highest BCUT2D eigenvalue weighted by Crippen LogP contribution is 2.21. The smallest absolute Gasteiger partial charge is 0.255 e. The lowest BCUT2D eigenvalue weighted by atomic mass is 10.1. The van der Waals surface area contributed by atoms with Crippen LogP contribution in [0.5, 0.6) is 5.75 Å². The van der Waals surface area contributed by atoms with Crippen molar-refractivity contribution in [1.82, 2.24) is 5.32 Å². The van der Waals surface area contributed by atoms with Gasteiger partial charge in [-0.3, -0.25) is 9.00 Å². The van der Waals surface area contributed by atoms with E-state index in [1.165, 1.54) is 12.1 Å². The van der Waals surface area contributed by atoms with Crippen molar-refractivity contribution in [3.8, 4) is 5.75 Å². The van der Waals surface area contributed by atoms with E-state index in [4.69, 9.17) is 11.6 Å². The van der Waals surface area contributed by atoms with Crippen molar-refractivity contribution in [3.63, 3.8) is 0 Å². The molecule has 0 heterocycles. The van der Waals surface area contributed by atoms with Gasteiger partial charge in [-0.15, -0.1) is 0 Å². The third-order valence-electron chi connectivity index (χ3n) is 2.42. The number of amides is 1. The van der Waals surface area contributed by atoms with Gasteiger partial charge >= 0.3 is 0 Å². The number of rotatable bonds is 5. The van der Waals surface area contributed by atoms with Gasteiger partial charge in [-0.05, 0) is 31.5 Å². The summed E-state index contributed by atoms with van der Waals surface area (Å²) in [7, 11) is -0.871. The van der Waals surface area contributed by atoms with E-state index in [2.05, 4.69) is 5.32 Å². The third-order valence-corrected chi connectivity index (χ3v) is 3.47. The monoisotopic (exact) mass is 289 g/mol. The van der Waals surface area contributed by atoms with Crippen LogP contribution in [0.2, 0.25) is 5.02 Å². The average molecular weight is 290 g/mol. The van der Waals surface area contributed by atoms with Crippen LogP contribution in [0.15, 0.2) is 18.2 Å². The molecule has 0 aliphatic rings. The Morgan fingerprint density at radius 1 is 1.56 bits per heavy atom. The molecule has 0 radical (unpaired) electrons. The second-order valence-electron chi connectivity index (χ2n) is 4.10. The summed E-state index contributed by atoms with van der Waals surface area (Å²) in [4.78, 5) is 11.8. The summed E-state index contributed by atoms with van der Waals surface area (Å²) in [5.74, 6) is 0.0263. The molecule has 1 aromatic carbocycles. The van der Waals surface area contributed by atoms with Gasteiger partial charge in [0.25, 0.3) is 5.91 Å². The highest BCUT2D eigenvalue weighted by atomic mass is 35.5. The van der Waals surface area contributed by atoms with Crippen molar-refractivity contribution >= 4 is 28.3 Å². The van der Waals surface area contributed by atoms with Crippen molar-refractivity contribution in [2.45, 2.75) is 19.4 Å². The van der Waals surface area contributed by atoms with Crippen molar-refractivity contribution in [2.75, 3.05) is 12.0 Å². The van der Waals surface area contributed by atoms with Crippen LogP contribution in [-0.4, -0.2) is 33.3 Å². The quantitative estimate of drug-likeness (QED) is 0.870. The zero-order valence-electron chi connectivity index (χ0n) is 10.3. The van der Waals surface area contributed by atoms with Crippen LogP contribution in [0.4, 0.5) is 0 Å². The highest BCUT2D eigenvalue weighted by molar-refractivity contribution is 7.84. The number of nitrogens with one attached hydrogen (secondary N) is 1. The van der Waals surface area contributed by atoms with Crippen molar-refractivity contribution in [2.24, 2.45) is 0 Å². The minimum atomic E-state index is -0.871. The van der Waals surface area contributed by atoms with Crippen molar-refractivity contribution in [3.05, 3.63) is 28.8 Å². The zero-order valence-corrected chi connectivity index (χ0v) is 11.8. The Labute approximate surface area is 114 Å². The molecule has 0 aliphatic heterocycles. The van der Waals surface area contributed by atoms with Gasteiger partial charge < -0.3 is 10.4 Å². The minimum Gasteiger partial charge on any atom is -0.507 e. The molecule has 18 heavy (non-hydrogen) atoms. The molecule has 0 saturated heterocycles. The Hall–Kier alpha value is -1.07. The first-order valence-corrected chi connectivity index (χ1v) is 7.60. The Morgan fingerprint density at radius 2 is 2.22 bits per heavy atom. The van der Waals surface area contributed by atoms with Gasteiger partial charge in [0.2, 0.25) is 0 Å². The fourth-order valence-corrected chi connectivity index (χ4v) is 2.27. The standard InChI is InChI=1S/C12H16ClNO3S/c1-8(5-6-18(2)17)14-12(16)10-4-3-9(13)7-11(10)15/h3-4,7-8,15H,5-6H2,1-2H3,(H,14,16). The number of phenols is 1. The van der Waals surface area contributed by atoms with E-state index in [9.17, 15) is 14.1 Å². The molecule has 2 unspecified atom stereocenters. The average Bonchev–Trinajstić information content (AvgIpc) is 2.26. The van der Waals surface area contributed by atoms with Crippen LogP contribution in [0, 0.1) is 0 Å². The van der Waals surface area contributed by atoms with E-state index in [0.29, 0.717) is 17.2 Å². The largest absolute Gasteiger partial charge is 0.507 e. The molecule has 0 fully saturated rings. The Balaban J connectivity index is 2.62. The summed E-state index contributed by atoms with van der Waals surface area (Å²) in [5.41, 5.74) is 0.184. The molecule has 4 nitrogen and oxygen atoms in total. The van der Waals surface area contributed by atoms with Crippen LogP contribution in [0.25, 0.3) is 0 Å². The molecule has 0 aliphatic carbocycles. The molecule has 0 saturated carbocycles. The molecular weight excluding hydrogens is 274 g/mol. The molecule has 100 valence electrons. The van der Waals surface area contributed by atoms with Gasteiger partial charge in [0, 0.05) is 33.9 Å². The summed E-state index contributed by atoms with van der Waals surface area (Å²) in [6, 6.07) is 4.23. The lowest BCUT2D eigenvalue weighted by Crippen LogP contribution is -2.33. The fourth-order valence-electron chi connectivity index (χ4n) is 1.41. The van der Waals surface area contributed by atoms with Crippen LogP contribution in [0.1, 0.15) is 23.7 Å². The first-order chi connectivity index (χ1) is 8.40. The number of benzene rings is 1. The normalized spacial score (nSPS) is 13.9. The molecule has 0 spiro atoms. The SMILES string of the molecule is CC(CCS(C)=O)NC(=O)c1ccc(Cl)cc1O. The lowest BCUT2D eigenvalue weighted by Gasteiger charge is -2.13. The van der Waals surface area contributed by atoms with Gasteiger partial charge in [-0.2, -0.15) is 0 Å².